The van der Waals surface area contributed by atoms with Crippen LogP contribution in [-0.4, -0.2) is 24.9 Å². The largest absolute Gasteiger partial charge is 0.397 e. The van der Waals surface area contributed by atoms with E-state index in [0.29, 0.717) is 12.1 Å². The first-order valence-electron chi connectivity index (χ1n) is 7.25. The SMILES string of the molecule is Cc1ccc(NS(=O)(=O)c2cnn(CCCF)c2)c(N)c1CC#N. The van der Waals surface area contributed by atoms with E-state index in [2.05, 4.69) is 9.82 Å². The summed E-state index contributed by atoms with van der Waals surface area (Å²) in [5.74, 6) is 0. The zero-order valence-electron chi connectivity index (χ0n) is 13.2. The fourth-order valence-corrected chi connectivity index (χ4v) is 3.24. The Morgan fingerprint density at radius 2 is 2.21 bits per heavy atom. The number of nitrogens with zero attached hydrogens (tertiary/aromatic N) is 3. The third-order valence-corrected chi connectivity index (χ3v) is 4.85. The topological polar surface area (TPSA) is 114 Å². The number of hydrogen-bond donors (Lipinski definition) is 2. The number of halogens is 1. The summed E-state index contributed by atoms with van der Waals surface area (Å²) in [7, 11) is -3.87. The lowest BCUT2D eigenvalue weighted by molar-refractivity contribution is 0.434. The van der Waals surface area contributed by atoms with Gasteiger partial charge in [0.2, 0.25) is 0 Å². The molecule has 3 N–H and O–H groups in total. The second-order valence-electron chi connectivity index (χ2n) is 5.24. The van der Waals surface area contributed by atoms with Crippen LogP contribution in [0.3, 0.4) is 0 Å². The van der Waals surface area contributed by atoms with Gasteiger partial charge in [-0.15, -0.1) is 0 Å². The van der Waals surface area contributed by atoms with Gasteiger partial charge < -0.3 is 5.73 Å². The van der Waals surface area contributed by atoms with Crippen LogP contribution in [0, 0.1) is 18.3 Å². The van der Waals surface area contributed by atoms with Crippen LogP contribution in [0.1, 0.15) is 17.5 Å². The summed E-state index contributed by atoms with van der Waals surface area (Å²) in [4.78, 5) is -0.0387. The van der Waals surface area contributed by atoms with Gasteiger partial charge in [0.25, 0.3) is 10.0 Å². The van der Waals surface area contributed by atoms with Gasteiger partial charge in [0.05, 0.1) is 36.7 Å². The van der Waals surface area contributed by atoms with Crippen molar-refractivity contribution in [1.82, 2.24) is 9.78 Å². The molecule has 0 bridgehead atoms. The Morgan fingerprint density at radius 3 is 2.88 bits per heavy atom. The summed E-state index contributed by atoms with van der Waals surface area (Å²) in [6.45, 7) is 1.60. The van der Waals surface area contributed by atoms with Gasteiger partial charge in [-0.1, -0.05) is 6.07 Å². The summed E-state index contributed by atoms with van der Waals surface area (Å²) in [5, 5.41) is 12.8. The van der Waals surface area contributed by atoms with Crippen LogP contribution in [0.2, 0.25) is 0 Å². The maximum absolute atomic E-state index is 12.4. The highest BCUT2D eigenvalue weighted by molar-refractivity contribution is 7.92. The van der Waals surface area contributed by atoms with Crippen molar-refractivity contribution in [2.45, 2.75) is 31.2 Å². The smallest absolute Gasteiger partial charge is 0.265 e. The predicted octanol–water partition coefficient (Wildman–Crippen LogP) is 2.00. The van der Waals surface area contributed by atoms with E-state index < -0.39 is 16.7 Å². The Bertz CT molecular complexity index is 870. The zero-order chi connectivity index (χ0) is 17.7. The number of anilines is 2. The van der Waals surface area contributed by atoms with Crippen molar-refractivity contribution in [3.8, 4) is 6.07 Å². The molecule has 2 rings (SSSR count). The molecular formula is C15H18FN5O2S. The minimum atomic E-state index is -3.87. The third-order valence-electron chi connectivity index (χ3n) is 3.53. The number of nitriles is 1. The Hall–Kier alpha value is -2.60. The average Bonchev–Trinajstić information content (AvgIpc) is 3.02. The van der Waals surface area contributed by atoms with Gasteiger partial charge in [0, 0.05) is 12.7 Å². The Balaban J connectivity index is 2.28. The predicted molar refractivity (Wildman–Crippen MR) is 88.5 cm³/mol. The Labute approximate surface area is 139 Å². The summed E-state index contributed by atoms with van der Waals surface area (Å²) in [5.41, 5.74) is 7.83. The summed E-state index contributed by atoms with van der Waals surface area (Å²) in [6.07, 6.45) is 2.88. The van der Waals surface area contributed by atoms with E-state index in [0.717, 1.165) is 5.56 Å². The van der Waals surface area contributed by atoms with Crippen molar-refractivity contribution in [2.75, 3.05) is 17.1 Å². The van der Waals surface area contributed by atoms with Crippen molar-refractivity contribution in [3.05, 3.63) is 35.7 Å². The van der Waals surface area contributed by atoms with Gasteiger partial charge in [-0.3, -0.25) is 13.8 Å². The number of hydrogen-bond acceptors (Lipinski definition) is 5. The molecule has 7 nitrogen and oxygen atoms in total. The number of rotatable bonds is 7. The number of alkyl halides is 1. The molecule has 0 amide bonds. The number of nitrogen functional groups attached to an aromatic ring is 1. The van der Waals surface area contributed by atoms with E-state index in [-0.39, 0.29) is 29.1 Å². The van der Waals surface area contributed by atoms with Crippen LogP contribution in [0.4, 0.5) is 15.8 Å². The Kier molecular flexibility index (Phi) is 5.41. The maximum Gasteiger partial charge on any atom is 0.265 e. The molecule has 1 aromatic carbocycles. The number of benzene rings is 1. The number of nitrogens with one attached hydrogen (secondary N) is 1. The van der Waals surface area contributed by atoms with Crippen molar-refractivity contribution in [2.24, 2.45) is 0 Å². The first kappa shape index (κ1) is 17.7. The van der Waals surface area contributed by atoms with E-state index in [1.165, 1.54) is 17.1 Å². The molecule has 0 unspecified atom stereocenters. The third kappa shape index (κ3) is 3.83. The molecule has 0 spiro atoms. The number of nitrogens with two attached hydrogens (primary N) is 1. The van der Waals surface area contributed by atoms with Gasteiger partial charge in [-0.2, -0.15) is 10.4 Å². The number of aryl methyl sites for hydroxylation is 2. The van der Waals surface area contributed by atoms with Crippen LogP contribution in [0.25, 0.3) is 0 Å². The Morgan fingerprint density at radius 1 is 1.46 bits per heavy atom. The molecule has 0 fully saturated rings. The molecule has 2 aromatic rings. The van der Waals surface area contributed by atoms with Gasteiger partial charge in [-0.05, 0) is 30.5 Å². The highest BCUT2D eigenvalue weighted by Crippen LogP contribution is 2.28. The van der Waals surface area contributed by atoms with Crippen molar-refractivity contribution < 1.29 is 12.8 Å². The lowest BCUT2D eigenvalue weighted by Gasteiger charge is -2.13. The van der Waals surface area contributed by atoms with Gasteiger partial charge >= 0.3 is 0 Å². The number of sulfonamides is 1. The van der Waals surface area contributed by atoms with Crippen molar-refractivity contribution >= 4 is 21.4 Å². The monoisotopic (exact) mass is 351 g/mol. The quantitative estimate of drug-likeness (QED) is 0.741. The summed E-state index contributed by atoms with van der Waals surface area (Å²) in [6, 6.07) is 5.26. The molecule has 9 heteroatoms. The van der Waals surface area contributed by atoms with Crippen LogP contribution in [0.5, 0.6) is 0 Å². The van der Waals surface area contributed by atoms with E-state index >= 15 is 0 Å². The molecule has 128 valence electrons. The molecule has 0 aliphatic heterocycles. The molecule has 1 aromatic heterocycles. The molecule has 0 atom stereocenters. The molecule has 1 heterocycles. The minimum Gasteiger partial charge on any atom is -0.397 e. The molecular weight excluding hydrogens is 333 g/mol. The van der Waals surface area contributed by atoms with Crippen molar-refractivity contribution in [3.63, 3.8) is 0 Å². The van der Waals surface area contributed by atoms with Crippen LogP contribution < -0.4 is 10.5 Å². The highest BCUT2D eigenvalue weighted by atomic mass is 32.2. The minimum absolute atomic E-state index is 0.0387. The first-order chi connectivity index (χ1) is 11.4. The van der Waals surface area contributed by atoms with E-state index in [9.17, 15) is 12.8 Å². The maximum atomic E-state index is 12.4. The van der Waals surface area contributed by atoms with E-state index in [4.69, 9.17) is 11.0 Å². The number of aromatic nitrogens is 2. The summed E-state index contributed by atoms with van der Waals surface area (Å²) >= 11 is 0. The zero-order valence-corrected chi connectivity index (χ0v) is 14.0. The lowest BCUT2D eigenvalue weighted by Crippen LogP contribution is -2.14. The van der Waals surface area contributed by atoms with Gasteiger partial charge in [0.15, 0.2) is 0 Å². The highest BCUT2D eigenvalue weighted by Gasteiger charge is 2.19. The second-order valence-corrected chi connectivity index (χ2v) is 6.93. The fraction of sp³-hybridized carbons (Fsp3) is 0.333. The molecule has 0 saturated carbocycles. The normalized spacial score (nSPS) is 11.2. The van der Waals surface area contributed by atoms with Crippen LogP contribution in [-0.2, 0) is 23.0 Å². The molecule has 24 heavy (non-hydrogen) atoms. The van der Waals surface area contributed by atoms with E-state index in [1.54, 1.807) is 19.1 Å². The molecule has 0 aliphatic rings. The standard InChI is InChI=1S/C15H18FN5O2S/c1-11-3-4-14(15(18)13(11)5-7-17)20-24(22,23)12-9-19-21(10-12)8-2-6-16/h3-4,9-10,20H,2,5-6,8,18H2,1H3. The fourth-order valence-electron chi connectivity index (χ4n) is 2.21. The molecule has 0 saturated heterocycles. The summed E-state index contributed by atoms with van der Waals surface area (Å²) < 4.78 is 40.8. The van der Waals surface area contributed by atoms with Crippen molar-refractivity contribution in [1.29, 1.82) is 5.26 Å². The van der Waals surface area contributed by atoms with E-state index in [1.807, 2.05) is 6.07 Å². The average molecular weight is 351 g/mol. The molecule has 0 radical (unpaired) electrons. The molecule has 0 aliphatic carbocycles. The van der Waals surface area contributed by atoms with Gasteiger partial charge in [0.1, 0.15) is 4.90 Å². The first-order valence-corrected chi connectivity index (χ1v) is 8.73. The van der Waals surface area contributed by atoms with Gasteiger partial charge in [-0.25, -0.2) is 8.42 Å². The van der Waals surface area contributed by atoms with Crippen LogP contribution in [0.15, 0.2) is 29.4 Å². The lowest BCUT2D eigenvalue weighted by atomic mass is 10.0. The van der Waals surface area contributed by atoms with Crippen LogP contribution >= 0.6 is 0 Å². The second kappa shape index (κ2) is 7.31.